The van der Waals surface area contributed by atoms with Crippen LogP contribution >= 0.6 is 11.3 Å². The molecule has 1 aromatic heterocycles. The van der Waals surface area contributed by atoms with Crippen LogP contribution in [0.2, 0.25) is 0 Å². The van der Waals surface area contributed by atoms with Crippen molar-refractivity contribution < 1.29 is 34.3 Å². The van der Waals surface area contributed by atoms with Gasteiger partial charge in [-0.2, -0.15) is 0 Å². The standard InChI is InChI=1S/C18H19FO6S/c19-11-4-1-10(2-5-11)3-6-14-12(7-8-26-14)24-18-17(23)16(22)15(21)13(9-20)25-18/h1-8,13,15-18,20-23H,9H2. The molecule has 0 spiro atoms. The highest BCUT2D eigenvalue weighted by molar-refractivity contribution is 7.11. The summed E-state index contributed by atoms with van der Waals surface area (Å²) in [6, 6.07) is 7.67. The van der Waals surface area contributed by atoms with Gasteiger partial charge in [-0.05, 0) is 35.2 Å². The van der Waals surface area contributed by atoms with Gasteiger partial charge in [-0.1, -0.05) is 18.2 Å². The monoisotopic (exact) mass is 382 g/mol. The SMILES string of the molecule is OCC1OC(Oc2ccsc2C=Cc2ccc(F)cc2)C(O)C(O)C1O. The van der Waals surface area contributed by atoms with E-state index in [1.807, 2.05) is 0 Å². The van der Waals surface area contributed by atoms with Crippen LogP contribution in [0.1, 0.15) is 10.4 Å². The molecule has 26 heavy (non-hydrogen) atoms. The lowest BCUT2D eigenvalue weighted by Crippen LogP contribution is -2.60. The third-order valence-corrected chi connectivity index (χ3v) is 4.91. The molecule has 2 aromatic rings. The van der Waals surface area contributed by atoms with Crippen LogP contribution in [0, 0.1) is 5.82 Å². The molecule has 0 amide bonds. The van der Waals surface area contributed by atoms with Crippen molar-refractivity contribution in [1.29, 1.82) is 0 Å². The summed E-state index contributed by atoms with van der Waals surface area (Å²) in [5, 5.41) is 40.7. The molecule has 1 saturated heterocycles. The van der Waals surface area contributed by atoms with Crippen LogP contribution in [0.25, 0.3) is 12.2 Å². The van der Waals surface area contributed by atoms with E-state index in [1.165, 1.54) is 23.5 Å². The molecule has 0 aliphatic carbocycles. The van der Waals surface area contributed by atoms with Gasteiger partial charge in [0.05, 0.1) is 11.5 Å². The molecule has 4 N–H and O–H groups in total. The Balaban J connectivity index is 1.73. The van der Waals surface area contributed by atoms with Gasteiger partial charge in [-0.15, -0.1) is 11.3 Å². The zero-order valence-electron chi connectivity index (χ0n) is 13.6. The molecule has 0 radical (unpaired) electrons. The highest BCUT2D eigenvalue weighted by Gasteiger charge is 2.44. The second-order valence-corrected chi connectivity index (χ2v) is 6.80. The zero-order valence-corrected chi connectivity index (χ0v) is 14.4. The van der Waals surface area contributed by atoms with E-state index in [-0.39, 0.29) is 5.82 Å². The molecule has 5 atom stereocenters. The molecular formula is C18H19FO6S. The lowest BCUT2D eigenvalue weighted by Gasteiger charge is -2.39. The normalized spacial score (nSPS) is 29.2. The Bertz CT molecular complexity index is 744. The number of ether oxygens (including phenoxy) is 2. The largest absolute Gasteiger partial charge is 0.460 e. The molecule has 8 heteroatoms. The van der Waals surface area contributed by atoms with Gasteiger partial charge < -0.3 is 29.9 Å². The minimum Gasteiger partial charge on any atom is -0.460 e. The van der Waals surface area contributed by atoms with Crippen LogP contribution < -0.4 is 4.74 Å². The number of aliphatic hydroxyl groups excluding tert-OH is 4. The van der Waals surface area contributed by atoms with Crippen molar-refractivity contribution in [1.82, 2.24) is 0 Å². The summed E-state index contributed by atoms with van der Waals surface area (Å²) in [7, 11) is 0. The quantitative estimate of drug-likeness (QED) is 0.621. The molecule has 2 heterocycles. The predicted molar refractivity (Wildman–Crippen MR) is 94.0 cm³/mol. The Labute approximate surface area is 153 Å². The number of rotatable bonds is 5. The maximum atomic E-state index is 12.9. The predicted octanol–water partition coefficient (Wildman–Crippen LogP) is 1.24. The first-order valence-corrected chi connectivity index (χ1v) is 8.86. The number of halogens is 1. The second-order valence-electron chi connectivity index (χ2n) is 5.85. The van der Waals surface area contributed by atoms with Crippen LogP contribution in [0.4, 0.5) is 4.39 Å². The Morgan fingerprint density at radius 1 is 1.04 bits per heavy atom. The number of thiophene rings is 1. The number of hydrogen-bond acceptors (Lipinski definition) is 7. The molecule has 0 saturated carbocycles. The summed E-state index contributed by atoms with van der Waals surface area (Å²) in [5.41, 5.74) is 0.804. The third-order valence-electron chi connectivity index (χ3n) is 4.05. The van der Waals surface area contributed by atoms with E-state index >= 15 is 0 Å². The number of hydrogen-bond donors (Lipinski definition) is 4. The van der Waals surface area contributed by atoms with Crippen molar-refractivity contribution in [2.45, 2.75) is 30.7 Å². The van der Waals surface area contributed by atoms with E-state index < -0.39 is 37.3 Å². The average Bonchev–Trinajstić information content (AvgIpc) is 3.09. The molecule has 1 fully saturated rings. The Morgan fingerprint density at radius 3 is 2.46 bits per heavy atom. The van der Waals surface area contributed by atoms with Gasteiger partial charge in [0.1, 0.15) is 36.0 Å². The lowest BCUT2D eigenvalue weighted by molar-refractivity contribution is -0.277. The van der Waals surface area contributed by atoms with Gasteiger partial charge in [0.2, 0.25) is 6.29 Å². The van der Waals surface area contributed by atoms with E-state index in [0.717, 1.165) is 10.4 Å². The highest BCUT2D eigenvalue weighted by atomic mass is 32.1. The summed E-state index contributed by atoms with van der Waals surface area (Å²) >= 11 is 1.39. The summed E-state index contributed by atoms with van der Waals surface area (Å²) < 4.78 is 23.9. The fourth-order valence-corrected chi connectivity index (χ4v) is 3.28. The van der Waals surface area contributed by atoms with Crippen molar-refractivity contribution >= 4 is 23.5 Å². The van der Waals surface area contributed by atoms with E-state index in [2.05, 4.69) is 0 Å². The summed E-state index contributed by atoms with van der Waals surface area (Å²) in [6.45, 7) is -0.522. The first-order valence-electron chi connectivity index (χ1n) is 7.98. The van der Waals surface area contributed by atoms with Crippen LogP contribution in [0.3, 0.4) is 0 Å². The van der Waals surface area contributed by atoms with Crippen LogP contribution in [-0.2, 0) is 4.74 Å². The topological polar surface area (TPSA) is 99.4 Å². The van der Waals surface area contributed by atoms with E-state index in [9.17, 15) is 24.8 Å². The Hall–Kier alpha value is -1.81. The Morgan fingerprint density at radius 2 is 1.77 bits per heavy atom. The smallest absolute Gasteiger partial charge is 0.229 e. The van der Waals surface area contributed by atoms with Gasteiger partial charge >= 0.3 is 0 Å². The van der Waals surface area contributed by atoms with Gasteiger partial charge in [0.25, 0.3) is 0 Å². The van der Waals surface area contributed by atoms with Crippen molar-refractivity contribution in [3.05, 3.63) is 52.0 Å². The van der Waals surface area contributed by atoms with Gasteiger partial charge in [0.15, 0.2) is 0 Å². The van der Waals surface area contributed by atoms with Gasteiger partial charge in [-0.25, -0.2) is 4.39 Å². The fourth-order valence-electron chi connectivity index (χ4n) is 2.56. The third kappa shape index (κ3) is 4.12. The summed E-state index contributed by atoms with van der Waals surface area (Å²) in [4.78, 5) is 0.728. The minimum atomic E-state index is -1.50. The highest BCUT2D eigenvalue weighted by Crippen LogP contribution is 2.31. The van der Waals surface area contributed by atoms with Crippen LogP contribution in [0.5, 0.6) is 5.75 Å². The molecular weight excluding hydrogens is 363 g/mol. The number of benzene rings is 1. The maximum absolute atomic E-state index is 12.9. The molecule has 0 bridgehead atoms. The molecule has 1 aliphatic heterocycles. The van der Waals surface area contributed by atoms with Crippen LogP contribution in [-0.4, -0.2) is 57.7 Å². The van der Waals surface area contributed by atoms with Gasteiger partial charge in [-0.3, -0.25) is 0 Å². The first-order chi connectivity index (χ1) is 12.5. The first kappa shape index (κ1) is 19.0. The summed E-state index contributed by atoms with van der Waals surface area (Å²) in [5.74, 6) is 0.0996. The molecule has 6 nitrogen and oxygen atoms in total. The second kappa shape index (κ2) is 8.26. The van der Waals surface area contributed by atoms with E-state index in [4.69, 9.17) is 9.47 Å². The van der Waals surface area contributed by atoms with Crippen molar-refractivity contribution in [3.8, 4) is 5.75 Å². The van der Waals surface area contributed by atoms with E-state index in [1.54, 1.807) is 35.7 Å². The molecule has 5 unspecified atom stereocenters. The lowest BCUT2D eigenvalue weighted by atomic mass is 9.99. The Kier molecular flexibility index (Phi) is 6.02. The van der Waals surface area contributed by atoms with Crippen molar-refractivity contribution in [3.63, 3.8) is 0 Å². The molecule has 1 aromatic carbocycles. The minimum absolute atomic E-state index is 0.315. The molecule has 140 valence electrons. The number of aliphatic hydroxyl groups is 4. The molecule has 3 rings (SSSR count). The van der Waals surface area contributed by atoms with E-state index in [0.29, 0.717) is 5.75 Å². The fraction of sp³-hybridized carbons (Fsp3) is 0.333. The zero-order chi connectivity index (χ0) is 18.7. The average molecular weight is 382 g/mol. The van der Waals surface area contributed by atoms with Crippen molar-refractivity contribution in [2.24, 2.45) is 0 Å². The van der Waals surface area contributed by atoms with Crippen LogP contribution in [0.15, 0.2) is 35.7 Å². The summed E-state index contributed by atoms with van der Waals surface area (Å²) in [6.07, 6.45) is -3.12. The van der Waals surface area contributed by atoms with Gasteiger partial charge in [0, 0.05) is 0 Å². The van der Waals surface area contributed by atoms with Crippen molar-refractivity contribution in [2.75, 3.05) is 6.61 Å². The maximum Gasteiger partial charge on any atom is 0.229 e. The molecule has 1 aliphatic rings.